The first-order valence-corrected chi connectivity index (χ1v) is 9.41. The van der Waals surface area contributed by atoms with Crippen LogP contribution < -0.4 is 11.1 Å². The van der Waals surface area contributed by atoms with Crippen molar-refractivity contribution in [2.24, 2.45) is 5.73 Å². The van der Waals surface area contributed by atoms with Gasteiger partial charge in [0.2, 0.25) is 5.91 Å². The second kappa shape index (κ2) is 8.05. The molecule has 30 heavy (non-hydrogen) atoms. The van der Waals surface area contributed by atoms with E-state index in [1.165, 1.54) is 0 Å². The van der Waals surface area contributed by atoms with Crippen molar-refractivity contribution in [3.63, 3.8) is 0 Å². The molecule has 0 aliphatic rings. The van der Waals surface area contributed by atoms with Crippen LogP contribution in [-0.4, -0.2) is 21.0 Å². The minimum atomic E-state index is -0.501. The van der Waals surface area contributed by atoms with Crippen LogP contribution in [0.4, 0.5) is 11.5 Å². The van der Waals surface area contributed by atoms with Gasteiger partial charge in [0.1, 0.15) is 5.69 Å². The van der Waals surface area contributed by atoms with Crippen LogP contribution in [0.5, 0.6) is 5.75 Å². The summed E-state index contributed by atoms with van der Waals surface area (Å²) in [5, 5.41) is 14.0. The Bertz CT molecular complexity index is 1190. The van der Waals surface area contributed by atoms with Crippen LogP contribution in [0, 0.1) is 6.92 Å². The molecular formula is C24H20N4O2. The van der Waals surface area contributed by atoms with Gasteiger partial charge in [-0.3, -0.25) is 4.79 Å². The van der Waals surface area contributed by atoms with Crippen molar-refractivity contribution in [1.29, 1.82) is 0 Å². The maximum atomic E-state index is 11.3. The Labute approximate surface area is 174 Å². The van der Waals surface area contributed by atoms with Gasteiger partial charge in [0.05, 0.1) is 0 Å². The van der Waals surface area contributed by atoms with E-state index in [0.717, 1.165) is 16.7 Å². The standard InChI is InChI=1S/C24H20N4O2/c1-15-7-9-16(10-8-15)20-21(29)24(26-19-13-11-17(12-14-19)22(25)30)28-23(27-20)18-5-3-2-4-6-18/h2-14,29H,1H3,(H2,25,30)(H,26,27,28). The van der Waals surface area contributed by atoms with E-state index < -0.39 is 5.91 Å². The highest BCUT2D eigenvalue weighted by atomic mass is 16.3. The van der Waals surface area contributed by atoms with Crippen LogP contribution in [-0.2, 0) is 0 Å². The van der Waals surface area contributed by atoms with Gasteiger partial charge in [-0.1, -0.05) is 60.2 Å². The summed E-state index contributed by atoms with van der Waals surface area (Å²) in [5.74, 6) is 0.198. The molecule has 0 aliphatic carbocycles. The van der Waals surface area contributed by atoms with E-state index >= 15 is 0 Å². The lowest BCUT2D eigenvalue weighted by atomic mass is 10.1. The van der Waals surface area contributed by atoms with Crippen molar-refractivity contribution in [3.05, 3.63) is 90.0 Å². The number of aryl methyl sites for hydroxylation is 1. The molecule has 0 saturated carbocycles. The van der Waals surface area contributed by atoms with E-state index in [2.05, 4.69) is 15.3 Å². The molecule has 4 N–H and O–H groups in total. The molecule has 1 heterocycles. The number of primary amides is 1. The van der Waals surface area contributed by atoms with Gasteiger partial charge in [0.25, 0.3) is 0 Å². The average Bonchev–Trinajstić information content (AvgIpc) is 2.77. The number of nitrogens with one attached hydrogen (secondary N) is 1. The smallest absolute Gasteiger partial charge is 0.248 e. The lowest BCUT2D eigenvalue weighted by Crippen LogP contribution is -2.10. The van der Waals surface area contributed by atoms with E-state index in [4.69, 9.17) is 5.73 Å². The fraction of sp³-hybridized carbons (Fsp3) is 0.0417. The fourth-order valence-corrected chi connectivity index (χ4v) is 3.03. The molecule has 0 unspecified atom stereocenters. The SMILES string of the molecule is Cc1ccc(-c2nc(-c3ccccc3)nc(Nc3ccc(C(N)=O)cc3)c2O)cc1. The van der Waals surface area contributed by atoms with Crippen molar-refractivity contribution in [3.8, 4) is 28.4 Å². The van der Waals surface area contributed by atoms with Crippen molar-refractivity contribution in [2.45, 2.75) is 6.92 Å². The quantitative estimate of drug-likeness (QED) is 0.455. The van der Waals surface area contributed by atoms with Gasteiger partial charge < -0.3 is 16.2 Å². The highest BCUT2D eigenvalue weighted by Crippen LogP contribution is 2.36. The first-order chi connectivity index (χ1) is 14.5. The van der Waals surface area contributed by atoms with Crippen molar-refractivity contribution < 1.29 is 9.90 Å². The maximum absolute atomic E-state index is 11.3. The molecule has 1 amide bonds. The topological polar surface area (TPSA) is 101 Å². The lowest BCUT2D eigenvalue weighted by Gasteiger charge is -2.13. The highest BCUT2D eigenvalue weighted by molar-refractivity contribution is 5.93. The zero-order valence-electron chi connectivity index (χ0n) is 16.3. The molecular weight excluding hydrogens is 376 g/mol. The summed E-state index contributed by atoms with van der Waals surface area (Å²) in [7, 11) is 0. The van der Waals surface area contributed by atoms with Gasteiger partial charge in [-0.25, -0.2) is 9.97 Å². The Hall–Kier alpha value is -4.19. The van der Waals surface area contributed by atoms with Gasteiger partial charge in [-0.05, 0) is 31.2 Å². The number of amides is 1. The summed E-state index contributed by atoms with van der Waals surface area (Å²) in [6.07, 6.45) is 0. The number of carbonyl (C=O) groups is 1. The molecule has 0 spiro atoms. The Kier molecular flexibility index (Phi) is 5.13. The number of rotatable bonds is 5. The van der Waals surface area contributed by atoms with Gasteiger partial charge in [-0.2, -0.15) is 0 Å². The number of aromatic nitrogens is 2. The highest BCUT2D eigenvalue weighted by Gasteiger charge is 2.17. The Morgan fingerprint density at radius 3 is 2.17 bits per heavy atom. The molecule has 0 atom stereocenters. The molecule has 0 radical (unpaired) electrons. The van der Waals surface area contributed by atoms with E-state index in [1.54, 1.807) is 24.3 Å². The number of carbonyl (C=O) groups excluding carboxylic acids is 1. The Morgan fingerprint density at radius 2 is 1.53 bits per heavy atom. The monoisotopic (exact) mass is 396 g/mol. The molecule has 3 aromatic carbocycles. The van der Waals surface area contributed by atoms with E-state index in [1.807, 2.05) is 61.5 Å². The molecule has 6 nitrogen and oxygen atoms in total. The maximum Gasteiger partial charge on any atom is 0.248 e. The molecule has 0 saturated heterocycles. The van der Waals surface area contributed by atoms with Crippen LogP contribution >= 0.6 is 0 Å². The predicted octanol–water partition coefficient (Wildman–Crippen LogP) is 4.67. The zero-order chi connectivity index (χ0) is 21.1. The zero-order valence-corrected chi connectivity index (χ0v) is 16.3. The summed E-state index contributed by atoms with van der Waals surface area (Å²) in [4.78, 5) is 20.4. The minimum Gasteiger partial charge on any atom is -0.503 e. The lowest BCUT2D eigenvalue weighted by molar-refractivity contribution is 0.100. The van der Waals surface area contributed by atoms with E-state index in [0.29, 0.717) is 22.8 Å². The van der Waals surface area contributed by atoms with Crippen LogP contribution in [0.3, 0.4) is 0 Å². The average molecular weight is 396 g/mol. The number of hydrogen-bond acceptors (Lipinski definition) is 5. The predicted molar refractivity (Wildman–Crippen MR) is 118 cm³/mol. The second-order valence-corrected chi connectivity index (χ2v) is 6.89. The van der Waals surface area contributed by atoms with Gasteiger partial charge >= 0.3 is 0 Å². The molecule has 4 aromatic rings. The van der Waals surface area contributed by atoms with Gasteiger partial charge in [0, 0.05) is 22.4 Å². The van der Waals surface area contributed by atoms with Crippen molar-refractivity contribution in [1.82, 2.24) is 9.97 Å². The third kappa shape index (κ3) is 3.98. The van der Waals surface area contributed by atoms with Crippen molar-refractivity contribution in [2.75, 3.05) is 5.32 Å². The molecule has 4 rings (SSSR count). The largest absolute Gasteiger partial charge is 0.503 e. The van der Waals surface area contributed by atoms with Crippen LogP contribution in [0.2, 0.25) is 0 Å². The van der Waals surface area contributed by atoms with Crippen LogP contribution in [0.25, 0.3) is 22.6 Å². The Balaban J connectivity index is 1.81. The molecule has 0 aliphatic heterocycles. The van der Waals surface area contributed by atoms with E-state index in [-0.39, 0.29) is 11.6 Å². The summed E-state index contributed by atoms with van der Waals surface area (Å²) in [6.45, 7) is 2.00. The van der Waals surface area contributed by atoms with E-state index in [9.17, 15) is 9.90 Å². The fourth-order valence-electron chi connectivity index (χ4n) is 3.03. The van der Waals surface area contributed by atoms with Crippen LogP contribution in [0.15, 0.2) is 78.9 Å². The number of hydrogen-bond donors (Lipinski definition) is 3. The third-order valence-electron chi connectivity index (χ3n) is 4.67. The number of nitrogens with zero attached hydrogens (tertiary/aromatic N) is 2. The normalized spacial score (nSPS) is 10.6. The second-order valence-electron chi connectivity index (χ2n) is 6.89. The number of anilines is 2. The van der Waals surface area contributed by atoms with Gasteiger partial charge in [0.15, 0.2) is 17.4 Å². The summed E-state index contributed by atoms with van der Waals surface area (Å²) >= 11 is 0. The number of benzene rings is 3. The first-order valence-electron chi connectivity index (χ1n) is 9.41. The summed E-state index contributed by atoms with van der Waals surface area (Å²) < 4.78 is 0. The number of nitrogens with two attached hydrogens (primary N) is 1. The molecule has 1 aromatic heterocycles. The molecule has 6 heteroatoms. The number of aromatic hydroxyl groups is 1. The van der Waals surface area contributed by atoms with Crippen molar-refractivity contribution >= 4 is 17.4 Å². The minimum absolute atomic E-state index is 0.0579. The molecule has 0 bridgehead atoms. The first kappa shape index (κ1) is 19.1. The summed E-state index contributed by atoms with van der Waals surface area (Å²) in [5.41, 5.74) is 9.51. The molecule has 148 valence electrons. The molecule has 0 fully saturated rings. The van der Waals surface area contributed by atoms with Gasteiger partial charge in [-0.15, -0.1) is 0 Å². The third-order valence-corrected chi connectivity index (χ3v) is 4.67. The Morgan fingerprint density at radius 1 is 0.867 bits per heavy atom. The summed E-state index contributed by atoms with van der Waals surface area (Å²) in [6, 6.07) is 24.0. The van der Waals surface area contributed by atoms with Crippen LogP contribution in [0.1, 0.15) is 15.9 Å².